The fourth-order valence-electron chi connectivity index (χ4n) is 2.99. The smallest absolute Gasteiger partial charge is 0.0596 e. The van der Waals surface area contributed by atoms with Crippen molar-refractivity contribution in [1.82, 2.24) is 4.90 Å². The molecule has 0 amide bonds. The van der Waals surface area contributed by atoms with Gasteiger partial charge in [0.15, 0.2) is 0 Å². The Bertz CT molecular complexity index is 384. The van der Waals surface area contributed by atoms with E-state index in [0.29, 0.717) is 6.04 Å². The molecule has 0 aliphatic heterocycles. The molecule has 2 unspecified atom stereocenters. The minimum Gasteiger partial charge on any atom is -0.326 e. The standard InChI is InChI=1S/C16H28N2S/c1-4-14(17)15(16-12(3)9-10-19-16)18(5-2)11-13-7-6-8-13/h9-10,13-15H,4-8,11,17H2,1-3H3. The minimum absolute atomic E-state index is 0.248. The topological polar surface area (TPSA) is 29.3 Å². The Morgan fingerprint density at radius 1 is 1.42 bits per heavy atom. The summed E-state index contributed by atoms with van der Waals surface area (Å²) in [4.78, 5) is 4.10. The molecule has 1 saturated carbocycles. The van der Waals surface area contributed by atoms with Crippen molar-refractivity contribution >= 4 is 11.3 Å². The van der Waals surface area contributed by atoms with Gasteiger partial charge in [0.2, 0.25) is 0 Å². The van der Waals surface area contributed by atoms with Crippen LogP contribution in [-0.2, 0) is 0 Å². The Hall–Kier alpha value is -0.380. The lowest BCUT2D eigenvalue weighted by molar-refractivity contribution is 0.123. The summed E-state index contributed by atoms with van der Waals surface area (Å²) in [5.74, 6) is 0.909. The molecule has 2 N–H and O–H groups in total. The van der Waals surface area contributed by atoms with Gasteiger partial charge in [0.1, 0.15) is 0 Å². The van der Waals surface area contributed by atoms with Gasteiger partial charge in [0.25, 0.3) is 0 Å². The van der Waals surface area contributed by atoms with Crippen LogP contribution < -0.4 is 5.73 Å². The number of rotatable bonds is 7. The van der Waals surface area contributed by atoms with E-state index in [-0.39, 0.29) is 6.04 Å². The van der Waals surface area contributed by atoms with Crippen molar-refractivity contribution in [1.29, 1.82) is 0 Å². The predicted octanol–water partition coefficient (Wildman–Crippen LogP) is 3.96. The van der Waals surface area contributed by atoms with Crippen molar-refractivity contribution < 1.29 is 0 Å². The molecule has 0 bridgehead atoms. The summed E-state index contributed by atoms with van der Waals surface area (Å²) in [6, 6.07) is 2.89. The summed E-state index contributed by atoms with van der Waals surface area (Å²) in [5.41, 5.74) is 7.86. The normalized spacial score (nSPS) is 19.4. The number of nitrogens with zero attached hydrogens (tertiary/aromatic N) is 1. The molecule has 0 aromatic carbocycles. The van der Waals surface area contributed by atoms with Crippen LogP contribution >= 0.6 is 11.3 Å². The van der Waals surface area contributed by atoms with Gasteiger partial charge in [-0.05, 0) is 55.7 Å². The van der Waals surface area contributed by atoms with Crippen molar-refractivity contribution in [2.45, 2.75) is 58.5 Å². The molecule has 1 aromatic heterocycles. The molecule has 1 heterocycles. The second kappa shape index (κ2) is 6.87. The first-order chi connectivity index (χ1) is 9.17. The number of aryl methyl sites for hydroxylation is 1. The molecule has 2 rings (SSSR count). The maximum Gasteiger partial charge on any atom is 0.0596 e. The first-order valence-corrected chi connectivity index (χ1v) is 8.58. The Morgan fingerprint density at radius 3 is 2.58 bits per heavy atom. The first-order valence-electron chi connectivity index (χ1n) is 7.71. The Balaban J connectivity index is 2.17. The van der Waals surface area contributed by atoms with Crippen LogP contribution in [0.2, 0.25) is 0 Å². The molecule has 2 atom stereocenters. The average molecular weight is 280 g/mol. The number of nitrogens with two attached hydrogens (primary N) is 1. The highest BCUT2D eigenvalue weighted by atomic mass is 32.1. The third kappa shape index (κ3) is 3.39. The zero-order valence-electron chi connectivity index (χ0n) is 12.6. The summed E-state index contributed by atoms with van der Waals surface area (Å²) in [5, 5.41) is 2.21. The van der Waals surface area contributed by atoms with Gasteiger partial charge in [-0.1, -0.05) is 20.3 Å². The van der Waals surface area contributed by atoms with E-state index in [9.17, 15) is 0 Å². The van der Waals surface area contributed by atoms with Gasteiger partial charge in [0, 0.05) is 17.5 Å². The number of hydrogen-bond donors (Lipinski definition) is 1. The zero-order chi connectivity index (χ0) is 13.8. The van der Waals surface area contributed by atoms with Crippen molar-refractivity contribution in [2.24, 2.45) is 11.7 Å². The maximum absolute atomic E-state index is 6.45. The third-order valence-electron chi connectivity index (χ3n) is 4.56. The van der Waals surface area contributed by atoms with Crippen LogP contribution in [0.25, 0.3) is 0 Å². The van der Waals surface area contributed by atoms with Crippen LogP contribution in [0.5, 0.6) is 0 Å². The fraction of sp³-hybridized carbons (Fsp3) is 0.750. The summed E-state index contributed by atoms with van der Waals surface area (Å²) in [6.07, 6.45) is 5.29. The number of hydrogen-bond acceptors (Lipinski definition) is 3. The van der Waals surface area contributed by atoms with Crippen molar-refractivity contribution in [3.05, 3.63) is 21.9 Å². The predicted molar refractivity (Wildman–Crippen MR) is 84.7 cm³/mol. The Kier molecular flexibility index (Phi) is 5.43. The van der Waals surface area contributed by atoms with Crippen LogP contribution in [0.1, 0.15) is 56.0 Å². The largest absolute Gasteiger partial charge is 0.326 e. The molecule has 1 aliphatic carbocycles. The minimum atomic E-state index is 0.248. The van der Waals surface area contributed by atoms with Gasteiger partial charge in [-0.25, -0.2) is 0 Å². The highest BCUT2D eigenvalue weighted by molar-refractivity contribution is 7.10. The van der Waals surface area contributed by atoms with E-state index in [4.69, 9.17) is 5.73 Å². The van der Waals surface area contributed by atoms with E-state index in [0.717, 1.165) is 18.9 Å². The lowest BCUT2D eigenvalue weighted by Gasteiger charge is -2.39. The second-order valence-electron chi connectivity index (χ2n) is 5.87. The van der Waals surface area contributed by atoms with Gasteiger partial charge >= 0.3 is 0 Å². The maximum atomic E-state index is 6.45. The Morgan fingerprint density at radius 2 is 2.16 bits per heavy atom. The molecule has 0 radical (unpaired) electrons. The van der Waals surface area contributed by atoms with Gasteiger partial charge < -0.3 is 5.73 Å². The second-order valence-corrected chi connectivity index (χ2v) is 6.82. The summed E-state index contributed by atoms with van der Waals surface area (Å²) in [6.45, 7) is 9.03. The molecule has 2 nitrogen and oxygen atoms in total. The van der Waals surface area contributed by atoms with Gasteiger partial charge in [0.05, 0.1) is 6.04 Å². The zero-order valence-corrected chi connectivity index (χ0v) is 13.4. The quantitative estimate of drug-likeness (QED) is 0.819. The molecule has 0 spiro atoms. The molecule has 1 aliphatic rings. The average Bonchev–Trinajstić information content (AvgIpc) is 2.77. The van der Waals surface area contributed by atoms with Gasteiger partial charge in [-0.3, -0.25) is 4.90 Å². The lowest BCUT2D eigenvalue weighted by atomic mass is 9.84. The van der Waals surface area contributed by atoms with E-state index in [1.54, 1.807) is 0 Å². The van der Waals surface area contributed by atoms with Crippen LogP contribution in [0, 0.1) is 12.8 Å². The molecule has 1 aromatic rings. The van der Waals surface area contributed by atoms with E-state index in [1.807, 2.05) is 11.3 Å². The van der Waals surface area contributed by atoms with Crippen molar-refractivity contribution in [3.8, 4) is 0 Å². The fourth-order valence-corrected chi connectivity index (χ4v) is 4.12. The molecule has 1 fully saturated rings. The third-order valence-corrected chi connectivity index (χ3v) is 5.65. The van der Waals surface area contributed by atoms with Gasteiger partial charge in [-0.15, -0.1) is 11.3 Å². The molecular weight excluding hydrogens is 252 g/mol. The van der Waals surface area contributed by atoms with Crippen LogP contribution in [0.3, 0.4) is 0 Å². The summed E-state index contributed by atoms with van der Waals surface area (Å²) in [7, 11) is 0. The highest BCUT2D eigenvalue weighted by Gasteiger charge is 2.30. The molecule has 0 saturated heterocycles. The lowest BCUT2D eigenvalue weighted by Crippen LogP contribution is -2.43. The van der Waals surface area contributed by atoms with Crippen molar-refractivity contribution in [3.63, 3.8) is 0 Å². The van der Waals surface area contributed by atoms with Crippen LogP contribution in [0.4, 0.5) is 0 Å². The van der Waals surface area contributed by atoms with E-state index in [1.165, 1.54) is 36.2 Å². The summed E-state index contributed by atoms with van der Waals surface area (Å²) >= 11 is 1.88. The SMILES string of the molecule is CCC(N)C(c1sccc1C)N(CC)CC1CCC1. The first kappa shape index (κ1) is 15.0. The van der Waals surface area contributed by atoms with E-state index >= 15 is 0 Å². The van der Waals surface area contributed by atoms with Crippen molar-refractivity contribution in [2.75, 3.05) is 13.1 Å². The van der Waals surface area contributed by atoms with Gasteiger partial charge in [-0.2, -0.15) is 0 Å². The monoisotopic (exact) mass is 280 g/mol. The number of likely N-dealkylation sites (N-methyl/N-ethyl adjacent to an activating group) is 1. The molecule has 108 valence electrons. The molecular formula is C16H28N2S. The summed E-state index contributed by atoms with van der Waals surface area (Å²) < 4.78 is 0. The molecule has 3 heteroatoms. The highest BCUT2D eigenvalue weighted by Crippen LogP contribution is 2.35. The van der Waals surface area contributed by atoms with Crippen LogP contribution in [0.15, 0.2) is 11.4 Å². The number of thiophene rings is 1. The molecule has 19 heavy (non-hydrogen) atoms. The Labute approximate surface area is 122 Å². The van der Waals surface area contributed by atoms with E-state index < -0.39 is 0 Å². The van der Waals surface area contributed by atoms with Crippen LogP contribution in [-0.4, -0.2) is 24.0 Å². The van der Waals surface area contributed by atoms with E-state index in [2.05, 4.69) is 37.1 Å².